The Bertz CT molecular complexity index is 525. The highest BCUT2D eigenvalue weighted by atomic mass is 32.1. The first kappa shape index (κ1) is 12.9. The maximum atomic E-state index is 5.54. The van der Waals surface area contributed by atoms with E-state index in [4.69, 9.17) is 15.2 Å². The molecule has 5 heteroatoms. The molecule has 0 fully saturated rings. The number of thiazole rings is 1. The summed E-state index contributed by atoms with van der Waals surface area (Å²) in [5, 5.41) is 0.943. The van der Waals surface area contributed by atoms with Gasteiger partial charge in [0.05, 0.1) is 19.8 Å². The molecule has 2 aromatic rings. The molecule has 1 aromatic carbocycles. The van der Waals surface area contributed by atoms with Crippen molar-refractivity contribution >= 4 is 11.3 Å². The van der Waals surface area contributed by atoms with Gasteiger partial charge in [0, 0.05) is 17.1 Å². The smallest absolute Gasteiger partial charge is 0.132 e. The summed E-state index contributed by atoms with van der Waals surface area (Å²) < 4.78 is 10.6. The first-order valence-corrected chi connectivity index (χ1v) is 6.47. The van der Waals surface area contributed by atoms with Gasteiger partial charge in [-0.25, -0.2) is 4.98 Å². The summed E-state index contributed by atoms with van der Waals surface area (Å²) in [7, 11) is 3.28. The van der Waals surface area contributed by atoms with Crippen LogP contribution in [0.5, 0.6) is 11.5 Å². The quantitative estimate of drug-likeness (QED) is 0.900. The number of benzene rings is 1. The average Bonchev–Trinajstić information content (AvgIpc) is 2.87. The Morgan fingerprint density at radius 1 is 1.28 bits per heavy atom. The van der Waals surface area contributed by atoms with E-state index in [1.54, 1.807) is 25.6 Å². The fraction of sp³-hybridized carbons (Fsp3) is 0.308. The Balaban J connectivity index is 2.36. The number of ether oxygens (including phenoxy) is 2. The summed E-state index contributed by atoms with van der Waals surface area (Å²) in [6.07, 6.45) is 2.73. The van der Waals surface area contributed by atoms with Crippen molar-refractivity contribution in [3.05, 3.63) is 29.3 Å². The largest absolute Gasteiger partial charge is 0.497 e. The Kier molecular flexibility index (Phi) is 4.17. The van der Waals surface area contributed by atoms with E-state index in [2.05, 4.69) is 4.98 Å². The van der Waals surface area contributed by atoms with Crippen molar-refractivity contribution in [2.45, 2.75) is 6.42 Å². The van der Waals surface area contributed by atoms with E-state index in [1.807, 2.05) is 24.4 Å². The average molecular weight is 264 g/mol. The van der Waals surface area contributed by atoms with Gasteiger partial charge < -0.3 is 15.2 Å². The molecule has 1 heterocycles. The second-order valence-electron chi connectivity index (χ2n) is 3.74. The molecule has 2 rings (SSSR count). The molecule has 1 aromatic heterocycles. The number of nitrogens with two attached hydrogens (primary N) is 1. The summed E-state index contributed by atoms with van der Waals surface area (Å²) in [5.41, 5.74) is 6.52. The second-order valence-corrected chi connectivity index (χ2v) is 4.85. The van der Waals surface area contributed by atoms with E-state index in [9.17, 15) is 0 Å². The van der Waals surface area contributed by atoms with Crippen LogP contribution in [0.4, 0.5) is 0 Å². The number of methoxy groups -OCH3 is 2. The standard InChI is InChI=1S/C13H16N2O2S/c1-16-9-3-4-11(12(7-9)17-2)13-15-8-10(18-13)5-6-14/h3-4,7-8H,5-6,14H2,1-2H3. The molecule has 18 heavy (non-hydrogen) atoms. The van der Waals surface area contributed by atoms with Gasteiger partial charge >= 0.3 is 0 Å². The highest BCUT2D eigenvalue weighted by Crippen LogP contribution is 2.35. The molecule has 0 saturated heterocycles. The monoisotopic (exact) mass is 264 g/mol. The summed E-state index contributed by atoms with van der Waals surface area (Å²) >= 11 is 1.64. The van der Waals surface area contributed by atoms with Gasteiger partial charge in [0.2, 0.25) is 0 Å². The van der Waals surface area contributed by atoms with Crippen molar-refractivity contribution in [1.82, 2.24) is 4.98 Å². The molecular formula is C13H16N2O2S. The highest BCUT2D eigenvalue weighted by molar-refractivity contribution is 7.15. The summed E-state index contributed by atoms with van der Waals surface area (Å²) in [6, 6.07) is 5.73. The predicted molar refractivity (Wildman–Crippen MR) is 73.4 cm³/mol. The van der Waals surface area contributed by atoms with Gasteiger partial charge in [0.25, 0.3) is 0 Å². The minimum atomic E-state index is 0.640. The van der Waals surface area contributed by atoms with Crippen LogP contribution >= 0.6 is 11.3 Å². The Morgan fingerprint density at radius 3 is 2.78 bits per heavy atom. The minimum Gasteiger partial charge on any atom is -0.497 e. The lowest BCUT2D eigenvalue weighted by Gasteiger charge is -2.08. The topological polar surface area (TPSA) is 57.4 Å². The number of nitrogens with zero attached hydrogens (tertiary/aromatic N) is 1. The minimum absolute atomic E-state index is 0.640. The molecule has 96 valence electrons. The van der Waals surface area contributed by atoms with Crippen molar-refractivity contribution in [2.24, 2.45) is 5.73 Å². The molecule has 0 spiro atoms. The molecule has 4 nitrogen and oxygen atoms in total. The Morgan fingerprint density at radius 2 is 2.11 bits per heavy atom. The molecule has 0 bridgehead atoms. The van der Waals surface area contributed by atoms with Crippen LogP contribution in [-0.2, 0) is 6.42 Å². The SMILES string of the molecule is COc1ccc(-c2ncc(CCN)s2)c(OC)c1. The van der Waals surface area contributed by atoms with Gasteiger partial charge in [-0.1, -0.05) is 0 Å². The van der Waals surface area contributed by atoms with Crippen LogP contribution < -0.4 is 15.2 Å². The molecule has 0 atom stereocenters. The van der Waals surface area contributed by atoms with Crippen LogP contribution in [0.25, 0.3) is 10.6 Å². The zero-order valence-electron chi connectivity index (χ0n) is 10.5. The molecule has 0 saturated carbocycles. The van der Waals surface area contributed by atoms with Gasteiger partial charge in [0.15, 0.2) is 0 Å². The second kappa shape index (κ2) is 5.84. The van der Waals surface area contributed by atoms with Gasteiger partial charge in [-0.15, -0.1) is 11.3 Å². The zero-order valence-corrected chi connectivity index (χ0v) is 11.3. The van der Waals surface area contributed by atoms with Crippen LogP contribution in [0.3, 0.4) is 0 Å². The number of hydrogen-bond donors (Lipinski definition) is 1. The number of rotatable bonds is 5. The lowest BCUT2D eigenvalue weighted by molar-refractivity contribution is 0.395. The van der Waals surface area contributed by atoms with Crippen molar-refractivity contribution in [2.75, 3.05) is 20.8 Å². The lowest BCUT2D eigenvalue weighted by atomic mass is 10.2. The fourth-order valence-corrected chi connectivity index (χ4v) is 2.62. The molecule has 0 aliphatic heterocycles. The normalized spacial score (nSPS) is 10.4. The van der Waals surface area contributed by atoms with Gasteiger partial charge in [-0.05, 0) is 25.1 Å². The van der Waals surface area contributed by atoms with Crippen LogP contribution in [0.2, 0.25) is 0 Å². The maximum absolute atomic E-state index is 5.54. The summed E-state index contributed by atoms with van der Waals surface area (Å²) in [5.74, 6) is 1.54. The third-order valence-corrected chi connectivity index (χ3v) is 3.67. The van der Waals surface area contributed by atoms with E-state index >= 15 is 0 Å². The number of hydrogen-bond acceptors (Lipinski definition) is 5. The van der Waals surface area contributed by atoms with E-state index in [0.29, 0.717) is 6.54 Å². The van der Waals surface area contributed by atoms with E-state index < -0.39 is 0 Å². The first-order chi connectivity index (χ1) is 8.78. The van der Waals surface area contributed by atoms with Gasteiger partial charge in [-0.2, -0.15) is 0 Å². The van der Waals surface area contributed by atoms with Crippen LogP contribution in [0.1, 0.15) is 4.88 Å². The number of aromatic nitrogens is 1. The van der Waals surface area contributed by atoms with E-state index in [1.165, 1.54) is 4.88 Å². The molecule has 0 amide bonds. The fourth-order valence-electron chi connectivity index (χ4n) is 1.67. The van der Waals surface area contributed by atoms with E-state index in [0.717, 1.165) is 28.5 Å². The van der Waals surface area contributed by atoms with Crippen molar-refractivity contribution in [1.29, 1.82) is 0 Å². The Hall–Kier alpha value is -1.59. The highest BCUT2D eigenvalue weighted by Gasteiger charge is 2.11. The molecule has 0 radical (unpaired) electrons. The van der Waals surface area contributed by atoms with Crippen LogP contribution in [0, 0.1) is 0 Å². The lowest BCUT2D eigenvalue weighted by Crippen LogP contribution is -2.00. The van der Waals surface area contributed by atoms with Crippen molar-refractivity contribution < 1.29 is 9.47 Å². The summed E-state index contributed by atoms with van der Waals surface area (Å²) in [6.45, 7) is 0.640. The van der Waals surface area contributed by atoms with E-state index in [-0.39, 0.29) is 0 Å². The molecule has 0 unspecified atom stereocenters. The first-order valence-electron chi connectivity index (χ1n) is 5.65. The van der Waals surface area contributed by atoms with Gasteiger partial charge in [0.1, 0.15) is 16.5 Å². The molecule has 0 aliphatic carbocycles. The van der Waals surface area contributed by atoms with Crippen LogP contribution in [0.15, 0.2) is 24.4 Å². The third kappa shape index (κ3) is 2.63. The van der Waals surface area contributed by atoms with Crippen molar-refractivity contribution in [3.63, 3.8) is 0 Å². The predicted octanol–water partition coefficient (Wildman–Crippen LogP) is 2.33. The van der Waals surface area contributed by atoms with Gasteiger partial charge in [-0.3, -0.25) is 0 Å². The Labute approximate surface area is 110 Å². The molecule has 0 aliphatic rings. The molecule has 2 N–H and O–H groups in total. The summed E-state index contributed by atoms with van der Waals surface area (Å²) in [4.78, 5) is 5.60. The maximum Gasteiger partial charge on any atom is 0.132 e. The van der Waals surface area contributed by atoms with Crippen molar-refractivity contribution in [3.8, 4) is 22.1 Å². The molecular weight excluding hydrogens is 248 g/mol. The van der Waals surface area contributed by atoms with Crippen LogP contribution in [-0.4, -0.2) is 25.7 Å². The third-order valence-electron chi connectivity index (χ3n) is 2.58. The zero-order chi connectivity index (χ0) is 13.0.